The second kappa shape index (κ2) is 35.3. The minimum atomic E-state index is -1.12. The van der Waals surface area contributed by atoms with Crippen molar-refractivity contribution in [2.24, 2.45) is 5.41 Å². The summed E-state index contributed by atoms with van der Waals surface area (Å²) in [5, 5.41) is 26.1. The number of rotatable bonds is 39. The standard InChI is InChI=1S/C40H73N3O12/c1-40(2,3)34(44)31-54-29-27-53-26-24-42-37(47)32-55-30-28-52-25-23-41-35(45)21-18-19-33(39(50)51)43-36(46)20-16-14-12-10-8-6-4-5-7-9-11-13-15-17-22-38(48)49/h33H,4-32H2,1-3H3,(H,41,45)(H,42,47)(H,43,46)(H,48,49)(H,50,51)/t33-/m0/s1. The number of Topliss-reactive ketones (excluding diaryl/α,β-unsaturated/α-hetero) is 1. The average Bonchev–Trinajstić information content (AvgIpc) is 3.12. The van der Waals surface area contributed by atoms with Crippen LogP contribution in [0, 0.1) is 5.41 Å². The molecule has 0 rings (SSSR count). The van der Waals surface area contributed by atoms with Gasteiger partial charge < -0.3 is 45.1 Å². The van der Waals surface area contributed by atoms with Gasteiger partial charge in [0.05, 0.1) is 39.6 Å². The zero-order valence-corrected chi connectivity index (χ0v) is 34.1. The molecule has 0 unspecified atom stereocenters. The van der Waals surface area contributed by atoms with Crippen molar-refractivity contribution in [2.75, 3.05) is 65.9 Å². The fraction of sp³-hybridized carbons (Fsp3) is 0.850. The number of carboxylic acid groups (broad SMARTS) is 2. The number of ketones is 1. The number of carboxylic acids is 2. The van der Waals surface area contributed by atoms with Gasteiger partial charge in [-0.1, -0.05) is 97.8 Å². The first-order valence-electron chi connectivity index (χ1n) is 20.4. The molecular formula is C40H73N3O12. The molecule has 0 aliphatic rings. The molecule has 0 aromatic heterocycles. The lowest BCUT2D eigenvalue weighted by Crippen LogP contribution is -2.40. The van der Waals surface area contributed by atoms with Crippen molar-refractivity contribution in [3.63, 3.8) is 0 Å². The molecule has 0 fully saturated rings. The van der Waals surface area contributed by atoms with E-state index in [4.69, 9.17) is 24.1 Å². The van der Waals surface area contributed by atoms with Crippen molar-refractivity contribution in [1.82, 2.24) is 16.0 Å². The second-order valence-corrected chi connectivity index (χ2v) is 14.9. The van der Waals surface area contributed by atoms with E-state index in [1.165, 1.54) is 44.9 Å². The van der Waals surface area contributed by atoms with E-state index in [1.807, 2.05) is 20.8 Å². The lowest BCUT2D eigenvalue weighted by atomic mass is 9.91. The molecule has 0 aromatic carbocycles. The van der Waals surface area contributed by atoms with Gasteiger partial charge in [-0.05, 0) is 25.7 Å². The Morgan fingerprint density at radius 1 is 0.491 bits per heavy atom. The lowest BCUT2D eigenvalue weighted by molar-refractivity contribution is -0.142. The average molecular weight is 788 g/mol. The smallest absolute Gasteiger partial charge is 0.326 e. The highest BCUT2D eigenvalue weighted by molar-refractivity contribution is 5.85. The van der Waals surface area contributed by atoms with Gasteiger partial charge in [0.2, 0.25) is 17.7 Å². The molecule has 3 amide bonds. The first-order chi connectivity index (χ1) is 26.3. The number of carbonyl (C=O) groups excluding carboxylic acids is 4. The van der Waals surface area contributed by atoms with Crippen LogP contribution >= 0.6 is 0 Å². The third-order valence-corrected chi connectivity index (χ3v) is 8.76. The molecule has 15 nitrogen and oxygen atoms in total. The quantitative estimate of drug-likeness (QED) is 0.0523. The Kier molecular flexibility index (Phi) is 33.3. The van der Waals surface area contributed by atoms with Gasteiger partial charge in [0.25, 0.3) is 0 Å². The summed E-state index contributed by atoms with van der Waals surface area (Å²) in [6, 6.07) is -1.03. The van der Waals surface area contributed by atoms with Gasteiger partial charge in [-0.15, -0.1) is 0 Å². The number of unbranched alkanes of at least 4 members (excludes halogenated alkanes) is 13. The zero-order chi connectivity index (χ0) is 41.0. The largest absolute Gasteiger partial charge is 0.481 e. The van der Waals surface area contributed by atoms with Crippen LogP contribution in [0.1, 0.15) is 143 Å². The van der Waals surface area contributed by atoms with Crippen molar-refractivity contribution in [1.29, 1.82) is 0 Å². The minimum absolute atomic E-state index is 0.0241. The van der Waals surface area contributed by atoms with E-state index < -0.39 is 23.4 Å². The van der Waals surface area contributed by atoms with Gasteiger partial charge in [-0.25, -0.2) is 4.79 Å². The number of hydrogen-bond acceptors (Lipinski definition) is 10. The maximum absolute atomic E-state index is 12.3. The van der Waals surface area contributed by atoms with E-state index in [0.29, 0.717) is 39.2 Å². The normalized spacial score (nSPS) is 11.9. The van der Waals surface area contributed by atoms with E-state index in [9.17, 15) is 33.9 Å². The van der Waals surface area contributed by atoms with Crippen molar-refractivity contribution in [3.8, 4) is 0 Å². The summed E-state index contributed by atoms with van der Waals surface area (Å²) < 4.78 is 21.3. The van der Waals surface area contributed by atoms with Gasteiger partial charge in [-0.3, -0.25) is 24.0 Å². The number of ether oxygens (including phenoxy) is 4. The van der Waals surface area contributed by atoms with Gasteiger partial charge >= 0.3 is 11.9 Å². The molecule has 320 valence electrons. The van der Waals surface area contributed by atoms with Crippen molar-refractivity contribution >= 4 is 35.4 Å². The molecule has 55 heavy (non-hydrogen) atoms. The van der Waals surface area contributed by atoms with Crippen molar-refractivity contribution in [3.05, 3.63) is 0 Å². The first kappa shape index (κ1) is 51.9. The zero-order valence-electron chi connectivity index (χ0n) is 34.1. The predicted octanol–water partition coefficient (Wildman–Crippen LogP) is 4.97. The highest BCUT2D eigenvalue weighted by Crippen LogP contribution is 2.15. The van der Waals surface area contributed by atoms with E-state index in [1.54, 1.807) is 0 Å². The van der Waals surface area contributed by atoms with Gasteiger partial charge in [0.15, 0.2) is 5.78 Å². The Balaban J connectivity index is 3.66. The van der Waals surface area contributed by atoms with E-state index >= 15 is 0 Å². The molecule has 0 aliphatic carbocycles. The molecular weight excluding hydrogens is 714 g/mol. The predicted molar refractivity (Wildman–Crippen MR) is 209 cm³/mol. The third kappa shape index (κ3) is 36.3. The van der Waals surface area contributed by atoms with E-state index in [2.05, 4.69) is 16.0 Å². The third-order valence-electron chi connectivity index (χ3n) is 8.76. The number of amides is 3. The van der Waals surface area contributed by atoms with Crippen LogP contribution in [0.15, 0.2) is 0 Å². The topological polar surface area (TPSA) is 216 Å². The van der Waals surface area contributed by atoms with Crippen LogP contribution in [-0.2, 0) is 47.7 Å². The monoisotopic (exact) mass is 788 g/mol. The van der Waals surface area contributed by atoms with Crippen LogP contribution in [0.4, 0.5) is 0 Å². The van der Waals surface area contributed by atoms with Crippen LogP contribution in [0.5, 0.6) is 0 Å². The summed E-state index contributed by atoms with van der Waals surface area (Å²) >= 11 is 0. The Hall–Kier alpha value is -3.14. The lowest BCUT2D eigenvalue weighted by Gasteiger charge is -2.16. The van der Waals surface area contributed by atoms with Crippen LogP contribution in [0.3, 0.4) is 0 Å². The molecule has 0 radical (unpaired) electrons. The van der Waals surface area contributed by atoms with Gasteiger partial charge in [-0.2, -0.15) is 0 Å². The van der Waals surface area contributed by atoms with Crippen LogP contribution in [0.25, 0.3) is 0 Å². The van der Waals surface area contributed by atoms with Gasteiger partial charge in [0, 0.05) is 37.8 Å². The van der Waals surface area contributed by atoms with Crippen molar-refractivity contribution in [2.45, 2.75) is 149 Å². The number of hydrogen-bond donors (Lipinski definition) is 5. The van der Waals surface area contributed by atoms with Gasteiger partial charge in [0.1, 0.15) is 19.3 Å². The highest BCUT2D eigenvalue weighted by Gasteiger charge is 2.21. The molecule has 1 atom stereocenters. The van der Waals surface area contributed by atoms with E-state index in [0.717, 1.165) is 38.5 Å². The number of carbonyl (C=O) groups is 6. The molecule has 0 bridgehead atoms. The molecule has 5 N–H and O–H groups in total. The summed E-state index contributed by atoms with van der Waals surface area (Å²) in [5.41, 5.74) is -0.433. The number of aliphatic carboxylic acids is 2. The minimum Gasteiger partial charge on any atom is -0.481 e. The van der Waals surface area contributed by atoms with Crippen molar-refractivity contribution < 1.29 is 57.9 Å². The summed E-state index contributed by atoms with van der Waals surface area (Å²) in [4.78, 5) is 70.2. The summed E-state index contributed by atoms with van der Waals surface area (Å²) in [7, 11) is 0. The maximum Gasteiger partial charge on any atom is 0.326 e. The second-order valence-electron chi connectivity index (χ2n) is 14.9. The Labute approximate surface area is 329 Å². The fourth-order valence-electron chi connectivity index (χ4n) is 5.32. The molecule has 0 saturated heterocycles. The summed E-state index contributed by atoms with van der Waals surface area (Å²) in [6.07, 6.45) is 16.4. The molecule has 0 spiro atoms. The summed E-state index contributed by atoms with van der Waals surface area (Å²) in [5.74, 6) is -2.61. The Bertz CT molecular complexity index is 1050. The fourth-order valence-corrected chi connectivity index (χ4v) is 5.32. The molecule has 0 aliphatic heterocycles. The Morgan fingerprint density at radius 2 is 0.909 bits per heavy atom. The van der Waals surface area contributed by atoms with E-state index in [-0.39, 0.29) is 88.8 Å². The molecule has 0 aromatic rings. The Morgan fingerprint density at radius 3 is 1.38 bits per heavy atom. The molecule has 15 heteroatoms. The molecule has 0 saturated carbocycles. The maximum atomic E-state index is 12.3. The first-order valence-corrected chi connectivity index (χ1v) is 20.4. The van der Waals surface area contributed by atoms with Crippen LogP contribution in [-0.4, -0.2) is 118 Å². The number of nitrogens with one attached hydrogen (secondary N) is 3. The SMILES string of the molecule is CC(C)(C)C(=O)COCCOCCNC(=O)COCCOCCNC(=O)CCC[C@H](NC(=O)CCCCCCCCCCCCCCCCC(=O)O)C(=O)O. The molecule has 0 heterocycles. The van der Waals surface area contributed by atoms with Crippen LogP contribution in [0.2, 0.25) is 0 Å². The summed E-state index contributed by atoms with van der Waals surface area (Å²) in [6.45, 7) is 7.65. The van der Waals surface area contributed by atoms with Crippen LogP contribution < -0.4 is 16.0 Å². The highest BCUT2D eigenvalue weighted by atomic mass is 16.5.